The third-order valence-corrected chi connectivity index (χ3v) is 7.54. The van der Waals surface area contributed by atoms with Crippen LogP contribution in [0, 0.1) is 11.7 Å². The van der Waals surface area contributed by atoms with Gasteiger partial charge in [0, 0.05) is 35.8 Å². The molecular weight excluding hydrogens is 362 g/mol. The average molecular weight is 388 g/mol. The zero-order valence-corrected chi connectivity index (χ0v) is 16.5. The highest BCUT2D eigenvalue weighted by atomic mass is 32.2. The van der Waals surface area contributed by atoms with Crippen molar-refractivity contribution in [1.29, 1.82) is 4.78 Å². The summed E-state index contributed by atoms with van der Waals surface area (Å²) in [7, 11) is -2.65. The molecule has 4 rings (SSSR count). The third kappa shape index (κ3) is 3.68. The van der Waals surface area contributed by atoms with E-state index >= 15 is 0 Å². The van der Waals surface area contributed by atoms with Crippen molar-refractivity contribution in [3.8, 4) is 11.4 Å². The smallest absolute Gasteiger partial charge is 0.161 e. The second-order valence-corrected chi connectivity index (χ2v) is 9.77. The van der Waals surface area contributed by atoms with Crippen LogP contribution in [0.2, 0.25) is 0 Å². The van der Waals surface area contributed by atoms with E-state index in [1.807, 2.05) is 25.1 Å². The SMILES string of the molecule is Cc1cc(-c2nc(C3CCCS3(=N)=O)cc(N3CCOC[C@H]3C)n2)ccn1. The lowest BCUT2D eigenvalue weighted by Crippen LogP contribution is -2.44. The zero-order chi connectivity index (χ0) is 19.0. The van der Waals surface area contributed by atoms with Crippen LogP contribution < -0.4 is 4.90 Å². The molecule has 144 valence electrons. The van der Waals surface area contributed by atoms with E-state index in [0.29, 0.717) is 24.8 Å². The summed E-state index contributed by atoms with van der Waals surface area (Å²) in [6.07, 6.45) is 3.30. The van der Waals surface area contributed by atoms with Gasteiger partial charge in [0.05, 0.1) is 39.9 Å². The first kappa shape index (κ1) is 18.3. The topological polar surface area (TPSA) is 92.1 Å². The molecular formula is C19H25N5O2S. The van der Waals surface area contributed by atoms with E-state index in [1.165, 1.54) is 0 Å². The van der Waals surface area contributed by atoms with Crippen molar-refractivity contribution in [3.63, 3.8) is 0 Å². The molecule has 2 aromatic heterocycles. The van der Waals surface area contributed by atoms with E-state index in [1.54, 1.807) is 6.20 Å². The number of morpholine rings is 1. The van der Waals surface area contributed by atoms with E-state index in [-0.39, 0.29) is 11.3 Å². The van der Waals surface area contributed by atoms with E-state index < -0.39 is 9.73 Å². The summed E-state index contributed by atoms with van der Waals surface area (Å²) in [5.41, 5.74) is 2.51. The van der Waals surface area contributed by atoms with Crippen molar-refractivity contribution >= 4 is 15.5 Å². The molecule has 0 spiro atoms. The van der Waals surface area contributed by atoms with Gasteiger partial charge in [-0.2, -0.15) is 0 Å². The normalized spacial score (nSPS) is 28.4. The Hall–Kier alpha value is -2.06. The van der Waals surface area contributed by atoms with Crippen LogP contribution in [-0.4, -0.2) is 50.7 Å². The number of nitrogens with zero attached hydrogens (tertiary/aromatic N) is 4. The second-order valence-electron chi connectivity index (χ2n) is 7.34. The molecule has 1 N–H and O–H groups in total. The molecule has 2 fully saturated rings. The fraction of sp³-hybridized carbons (Fsp3) is 0.526. The molecule has 27 heavy (non-hydrogen) atoms. The molecule has 0 saturated carbocycles. The van der Waals surface area contributed by atoms with Gasteiger partial charge in [0.15, 0.2) is 5.82 Å². The monoisotopic (exact) mass is 387 g/mol. The minimum absolute atomic E-state index is 0.206. The van der Waals surface area contributed by atoms with E-state index in [9.17, 15) is 4.21 Å². The lowest BCUT2D eigenvalue weighted by atomic mass is 10.1. The predicted molar refractivity (Wildman–Crippen MR) is 105 cm³/mol. The molecule has 0 aromatic carbocycles. The van der Waals surface area contributed by atoms with Crippen LogP contribution in [0.4, 0.5) is 5.82 Å². The van der Waals surface area contributed by atoms with Gasteiger partial charge in [0.25, 0.3) is 0 Å². The second kappa shape index (κ2) is 7.16. The summed E-state index contributed by atoms with van der Waals surface area (Å²) in [4.78, 5) is 16.0. The van der Waals surface area contributed by atoms with E-state index in [2.05, 4.69) is 16.8 Å². The molecule has 4 heterocycles. The summed E-state index contributed by atoms with van der Waals surface area (Å²) in [6, 6.07) is 5.99. The van der Waals surface area contributed by atoms with Crippen LogP contribution in [0.25, 0.3) is 11.4 Å². The summed E-state index contributed by atoms with van der Waals surface area (Å²) in [5.74, 6) is 1.88. The fourth-order valence-corrected chi connectivity index (χ4v) is 5.74. The molecule has 0 amide bonds. The molecule has 2 aliphatic heterocycles. The van der Waals surface area contributed by atoms with E-state index in [0.717, 1.165) is 42.2 Å². The van der Waals surface area contributed by atoms with Crippen molar-refractivity contribution in [2.45, 2.75) is 38.0 Å². The van der Waals surface area contributed by atoms with Gasteiger partial charge in [-0.25, -0.2) is 14.2 Å². The van der Waals surface area contributed by atoms with Crippen LogP contribution >= 0.6 is 0 Å². The standard InChI is InChI=1S/C19H25N5O2S/c1-13-10-15(5-6-21-13)19-22-16(17-4-3-9-27(17,20)25)11-18(23-19)24-7-8-26-12-14(24)2/h5-6,10-11,14,17,20H,3-4,7-9,12H2,1-2H3/t14-,17?,27?/m1/s1. The van der Waals surface area contributed by atoms with Gasteiger partial charge in [-0.05, 0) is 38.8 Å². The number of anilines is 1. The van der Waals surface area contributed by atoms with E-state index in [4.69, 9.17) is 19.5 Å². The molecule has 2 saturated heterocycles. The Morgan fingerprint density at radius 2 is 2.19 bits per heavy atom. The minimum Gasteiger partial charge on any atom is -0.377 e. The summed E-state index contributed by atoms with van der Waals surface area (Å²) >= 11 is 0. The minimum atomic E-state index is -2.65. The maximum atomic E-state index is 12.7. The summed E-state index contributed by atoms with van der Waals surface area (Å²) < 4.78 is 26.6. The molecule has 2 unspecified atom stereocenters. The number of hydrogen-bond donors (Lipinski definition) is 1. The average Bonchev–Trinajstić information content (AvgIpc) is 3.01. The Balaban J connectivity index is 1.83. The number of rotatable bonds is 3. The van der Waals surface area contributed by atoms with Gasteiger partial charge in [0.2, 0.25) is 0 Å². The predicted octanol–water partition coefficient (Wildman–Crippen LogP) is 2.95. The maximum absolute atomic E-state index is 12.7. The fourth-order valence-electron chi connectivity index (χ4n) is 3.80. The van der Waals surface area contributed by atoms with Gasteiger partial charge >= 0.3 is 0 Å². The first-order valence-electron chi connectivity index (χ1n) is 9.36. The highest BCUT2D eigenvalue weighted by Gasteiger charge is 2.32. The quantitative estimate of drug-likeness (QED) is 0.870. The van der Waals surface area contributed by atoms with Crippen molar-refractivity contribution in [3.05, 3.63) is 35.8 Å². The Morgan fingerprint density at radius 1 is 1.33 bits per heavy atom. The van der Waals surface area contributed by atoms with Gasteiger partial charge in [0.1, 0.15) is 5.82 Å². The highest BCUT2D eigenvalue weighted by molar-refractivity contribution is 7.92. The number of aryl methyl sites for hydroxylation is 1. The van der Waals surface area contributed by atoms with Crippen LogP contribution in [0.3, 0.4) is 0 Å². The third-order valence-electron chi connectivity index (χ3n) is 5.25. The Bertz CT molecular complexity index is 947. The number of pyridine rings is 1. The van der Waals surface area contributed by atoms with Gasteiger partial charge in [-0.3, -0.25) is 9.76 Å². The number of nitrogens with one attached hydrogen (secondary N) is 1. The largest absolute Gasteiger partial charge is 0.377 e. The molecule has 2 aliphatic rings. The van der Waals surface area contributed by atoms with Crippen molar-refractivity contribution in [2.75, 3.05) is 30.4 Å². The Kier molecular flexibility index (Phi) is 4.86. The molecule has 8 heteroatoms. The lowest BCUT2D eigenvalue weighted by Gasteiger charge is -2.34. The van der Waals surface area contributed by atoms with Gasteiger partial charge in [-0.15, -0.1) is 0 Å². The van der Waals surface area contributed by atoms with Crippen molar-refractivity contribution in [2.24, 2.45) is 0 Å². The van der Waals surface area contributed by atoms with Gasteiger partial charge < -0.3 is 9.64 Å². The first-order valence-corrected chi connectivity index (χ1v) is 11.1. The molecule has 7 nitrogen and oxygen atoms in total. The highest BCUT2D eigenvalue weighted by Crippen LogP contribution is 2.36. The number of hydrogen-bond acceptors (Lipinski definition) is 7. The molecule has 0 radical (unpaired) electrons. The number of ether oxygens (including phenoxy) is 1. The van der Waals surface area contributed by atoms with Crippen molar-refractivity contribution in [1.82, 2.24) is 15.0 Å². The molecule has 3 atom stereocenters. The van der Waals surface area contributed by atoms with Crippen molar-refractivity contribution < 1.29 is 8.95 Å². The molecule has 2 aromatic rings. The molecule has 0 aliphatic carbocycles. The summed E-state index contributed by atoms with van der Waals surface area (Å²) in [5, 5.41) is -0.322. The zero-order valence-electron chi connectivity index (χ0n) is 15.7. The summed E-state index contributed by atoms with van der Waals surface area (Å²) in [6.45, 7) is 6.12. The Morgan fingerprint density at radius 3 is 2.89 bits per heavy atom. The van der Waals surface area contributed by atoms with Crippen LogP contribution in [0.15, 0.2) is 24.4 Å². The first-order chi connectivity index (χ1) is 12.9. The maximum Gasteiger partial charge on any atom is 0.161 e. The number of aromatic nitrogens is 3. The van der Waals surface area contributed by atoms with Crippen LogP contribution in [-0.2, 0) is 14.5 Å². The van der Waals surface area contributed by atoms with Gasteiger partial charge in [-0.1, -0.05) is 0 Å². The van der Waals surface area contributed by atoms with Crippen LogP contribution in [0.1, 0.15) is 36.4 Å². The molecule has 0 bridgehead atoms. The lowest BCUT2D eigenvalue weighted by molar-refractivity contribution is 0.0985. The van der Waals surface area contributed by atoms with Crippen LogP contribution in [0.5, 0.6) is 0 Å². The Labute approximate surface area is 160 Å².